The summed E-state index contributed by atoms with van der Waals surface area (Å²) in [5, 5.41) is 9.94. The van der Waals surface area contributed by atoms with E-state index in [0.717, 1.165) is 11.3 Å². The largest absolute Gasteiger partial charge is 0.360 e. The normalized spacial score (nSPS) is 10.1. The average molecular weight is 244 g/mol. The van der Waals surface area contributed by atoms with E-state index >= 15 is 0 Å². The van der Waals surface area contributed by atoms with Crippen molar-refractivity contribution in [3.63, 3.8) is 0 Å². The summed E-state index contributed by atoms with van der Waals surface area (Å²) in [4.78, 5) is 11.7. The van der Waals surface area contributed by atoms with Crippen molar-refractivity contribution in [2.75, 3.05) is 17.2 Å². The Morgan fingerprint density at radius 3 is 2.78 bits per heavy atom. The third kappa shape index (κ3) is 3.10. The van der Waals surface area contributed by atoms with Gasteiger partial charge in [0.25, 0.3) is 0 Å². The molecule has 1 amide bonds. The van der Waals surface area contributed by atoms with Gasteiger partial charge in [0.05, 0.1) is 6.54 Å². The van der Waals surface area contributed by atoms with Gasteiger partial charge in [-0.2, -0.15) is 5.10 Å². The Labute approximate surface area is 106 Å². The maximum absolute atomic E-state index is 11.7. The minimum Gasteiger partial charge on any atom is -0.360 e. The van der Waals surface area contributed by atoms with Crippen LogP contribution in [0.2, 0.25) is 0 Å². The van der Waals surface area contributed by atoms with Gasteiger partial charge in [-0.15, -0.1) is 0 Å². The summed E-state index contributed by atoms with van der Waals surface area (Å²) in [5.74, 6) is 0.604. The molecular weight excluding hydrogens is 228 g/mol. The number of para-hydroxylation sites is 1. The molecule has 1 aromatic carbocycles. The highest BCUT2D eigenvalue weighted by Crippen LogP contribution is 2.12. The second kappa shape index (κ2) is 5.35. The van der Waals surface area contributed by atoms with Gasteiger partial charge in [0.15, 0.2) is 0 Å². The lowest BCUT2D eigenvalue weighted by molar-refractivity contribution is -0.114. The number of benzene rings is 1. The summed E-state index contributed by atoms with van der Waals surface area (Å²) in [5.41, 5.74) is 1.88. The summed E-state index contributed by atoms with van der Waals surface area (Å²) in [6, 6.07) is 9.50. The third-order valence-corrected chi connectivity index (χ3v) is 2.56. The van der Waals surface area contributed by atoms with Crippen molar-refractivity contribution in [1.82, 2.24) is 9.78 Å². The van der Waals surface area contributed by atoms with Crippen LogP contribution in [0.3, 0.4) is 0 Å². The van der Waals surface area contributed by atoms with E-state index in [1.54, 1.807) is 4.68 Å². The fraction of sp³-hybridized carbons (Fsp3) is 0.231. The van der Waals surface area contributed by atoms with E-state index in [9.17, 15) is 4.79 Å². The van der Waals surface area contributed by atoms with Crippen LogP contribution in [0.1, 0.15) is 5.56 Å². The minimum atomic E-state index is -0.0880. The molecule has 2 aromatic rings. The molecule has 5 nitrogen and oxygen atoms in total. The Morgan fingerprint density at radius 1 is 1.33 bits per heavy atom. The zero-order chi connectivity index (χ0) is 13.0. The number of carbonyl (C=O) groups is 1. The van der Waals surface area contributed by atoms with Crippen molar-refractivity contribution in [2.24, 2.45) is 7.05 Å². The highest BCUT2D eigenvalue weighted by atomic mass is 16.1. The molecule has 0 spiro atoms. The number of anilines is 2. The summed E-state index contributed by atoms with van der Waals surface area (Å²) < 4.78 is 1.68. The SMILES string of the molecule is Cc1ccccc1NC(=O)CNc1ccn(C)n1. The van der Waals surface area contributed by atoms with Gasteiger partial charge < -0.3 is 10.6 Å². The van der Waals surface area contributed by atoms with Crippen molar-refractivity contribution < 1.29 is 4.79 Å². The number of hydrogen-bond acceptors (Lipinski definition) is 3. The standard InChI is InChI=1S/C13H16N4O/c1-10-5-3-4-6-11(10)15-13(18)9-14-12-7-8-17(2)16-12/h3-8H,9H2,1-2H3,(H,14,16)(H,15,18). The van der Waals surface area contributed by atoms with Crippen LogP contribution in [-0.2, 0) is 11.8 Å². The van der Waals surface area contributed by atoms with E-state index in [1.165, 1.54) is 0 Å². The molecule has 0 bridgehead atoms. The minimum absolute atomic E-state index is 0.0880. The van der Waals surface area contributed by atoms with Crippen molar-refractivity contribution in [1.29, 1.82) is 0 Å². The Kier molecular flexibility index (Phi) is 3.62. The van der Waals surface area contributed by atoms with Gasteiger partial charge in [-0.1, -0.05) is 18.2 Å². The number of nitrogens with one attached hydrogen (secondary N) is 2. The summed E-state index contributed by atoms with van der Waals surface area (Å²) in [7, 11) is 1.83. The number of rotatable bonds is 4. The van der Waals surface area contributed by atoms with Gasteiger partial charge in [-0.3, -0.25) is 9.48 Å². The molecule has 0 radical (unpaired) electrons. The van der Waals surface area contributed by atoms with Gasteiger partial charge in [-0.25, -0.2) is 0 Å². The first-order chi connectivity index (χ1) is 8.65. The summed E-state index contributed by atoms with van der Waals surface area (Å²) >= 11 is 0. The number of aryl methyl sites for hydroxylation is 2. The lowest BCUT2D eigenvalue weighted by Gasteiger charge is -2.08. The molecule has 1 aromatic heterocycles. The van der Waals surface area contributed by atoms with Gasteiger partial charge in [0, 0.05) is 25.0 Å². The first-order valence-electron chi connectivity index (χ1n) is 5.74. The van der Waals surface area contributed by atoms with Crippen LogP contribution in [0.5, 0.6) is 0 Å². The molecule has 0 atom stereocenters. The maximum Gasteiger partial charge on any atom is 0.243 e. The number of amides is 1. The van der Waals surface area contributed by atoms with E-state index < -0.39 is 0 Å². The fourth-order valence-corrected chi connectivity index (χ4v) is 1.59. The molecule has 0 unspecified atom stereocenters. The zero-order valence-corrected chi connectivity index (χ0v) is 10.5. The van der Waals surface area contributed by atoms with Crippen LogP contribution in [0.25, 0.3) is 0 Å². The number of carbonyl (C=O) groups excluding carboxylic acids is 1. The first kappa shape index (κ1) is 12.2. The zero-order valence-electron chi connectivity index (χ0n) is 10.5. The quantitative estimate of drug-likeness (QED) is 0.862. The molecule has 94 valence electrons. The van der Waals surface area contributed by atoms with Gasteiger partial charge in [-0.05, 0) is 18.6 Å². The molecule has 0 aliphatic carbocycles. The van der Waals surface area contributed by atoms with Crippen LogP contribution < -0.4 is 10.6 Å². The van der Waals surface area contributed by atoms with Crippen LogP contribution in [0, 0.1) is 6.92 Å². The topological polar surface area (TPSA) is 59.0 Å². The lowest BCUT2D eigenvalue weighted by Crippen LogP contribution is -2.22. The van der Waals surface area contributed by atoms with Crippen molar-refractivity contribution in [2.45, 2.75) is 6.92 Å². The Hall–Kier alpha value is -2.30. The highest BCUT2D eigenvalue weighted by Gasteiger charge is 2.04. The molecule has 2 rings (SSSR count). The molecule has 0 fully saturated rings. The van der Waals surface area contributed by atoms with Crippen LogP contribution >= 0.6 is 0 Å². The van der Waals surface area contributed by atoms with Gasteiger partial charge >= 0.3 is 0 Å². The summed E-state index contributed by atoms with van der Waals surface area (Å²) in [6.45, 7) is 2.16. The smallest absolute Gasteiger partial charge is 0.243 e. The van der Waals surface area contributed by atoms with Gasteiger partial charge in [0.2, 0.25) is 5.91 Å². The van der Waals surface area contributed by atoms with Gasteiger partial charge in [0.1, 0.15) is 5.82 Å². The molecule has 2 N–H and O–H groups in total. The Morgan fingerprint density at radius 2 is 2.11 bits per heavy atom. The van der Waals surface area contributed by atoms with Crippen molar-refractivity contribution in [3.05, 3.63) is 42.1 Å². The monoisotopic (exact) mass is 244 g/mol. The van der Waals surface area contributed by atoms with Crippen LogP contribution in [0.4, 0.5) is 11.5 Å². The molecule has 0 saturated carbocycles. The van der Waals surface area contributed by atoms with E-state index in [-0.39, 0.29) is 12.5 Å². The number of hydrogen-bond donors (Lipinski definition) is 2. The Balaban J connectivity index is 1.88. The molecule has 0 saturated heterocycles. The number of aromatic nitrogens is 2. The van der Waals surface area contributed by atoms with E-state index in [1.807, 2.05) is 50.5 Å². The number of nitrogens with zero attached hydrogens (tertiary/aromatic N) is 2. The average Bonchev–Trinajstić information content (AvgIpc) is 2.76. The maximum atomic E-state index is 11.7. The molecule has 0 aliphatic heterocycles. The third-order valence-electron chi connectivity index (χ3n) is 2.56. The highest BCUT2D eigenvalue weighted by molar-refractivity contribution is 5.94. The van der Waals surface area contributed by atoms with Crippen molar-refractivity contribution in [3.8, 4) is 0 Å². The second-order valence-corrected chi connectivity index (χ2v) is 4.09. The predicted octanol–water partition coefficient (Wildman–Crippen LogP) is 1.78. The fourth-order valence-electron chi connectivity index (χ4n) is 1.59. The Bertz CT molecular complexity index is 547. The van der Waals surface area contributed by atoms with Crippen LogP contribution in [-0.4, -0.2) is 22.2 Å². The van der Waals surface area contributed by atoms with E-state index in [2.05, 4.69) is 15.7 Å². The second-order valence-electron chi connectivity index (χ2n) is 4.09. The van der Waals surface area contributed by atoms with Crippen LogP contribution in [0.15, 0.2) is 36.5 Å². The molecule has 0 aliphatic rings. The lowest BCUT2D eigenvalue weighted by atomic mass is 10.2. The summed E-state index contributed by atoms with van der Waals surface area (Å²) in [6.07, 6.45) is 1.82. The van der Waals surface area contributed by atoms with E-state index in [0.29, 0.717) is 5.82 Å². The molecule has 18 heavy (non-hydrogen) atoms. The first-order valence-corrected chi connectivity index (χ1v) is 5.74. The van der Waals surface area contributed by atoms with Crippen molar-refractivity contribution >= 4 is 17.4 Å². The predicted molar refractivity (Wildman–Crippen MR) is 71.5 cm³/mol. The molecular formula is C13H16N4O. The van der Waals surface area contributed by atoms with E-state index in [4.69, 9.17) is 0 Å². The molecule has 1 heterocycles. The molecule has 5 heteroatoms.